The summed E-state index contributed by atoms with van der Waals surface area (Å²) in [6, 6.07) is 38.9. The van der Waals surface area contributed by atoms with Gasteiger partial charge >= 0.3 is 0 Å². The Morgan fingerprint density at radius 3 is 2.19 bits per heavy atom. The minimum Gasteiger partial charge on any atom is -0.292 e. The fraction of sp³-hybridized carbons (Fsp3) is 0.0606. The van der Waals surface area contributed by atoms with Crippen LogP contribution in [0.4, 0.5) is 0 Å². The summed E-state index contributed by atoms with van der Waals surface area (Å²) in [7, 11) is 0. The third-order valence-electron chi connectivity index (χ3n) is 7.04. The summed E-state index contributed by atoms with van der Waals surface area (Å²) in [5.74, 6) is 0.972. The summed E-state index contributed by atoms with van der Waals surface area (Å²) in [5, 5.41) is 2.67. The molecule has 0 aliphatic carbocycles. The zero-order valence-corrected chi connectivity index (χ0v) is 21.0. The van der Waals surface area contributed by atoms with Gasteiger partial charge in [-0.1, -0.05) is 66.7 Å². The number of nitrogens with zero attached hydrogens (tertiary/aromatic N) is 2. The van der Waals surface area contributed by atoms with E-state index in [-0.39, 0.29) is 0 Å². The third-order valence-corrected chi connectivity index (χ3v) is 8.26. The fourth-order valence-corrected chi connectivity index (χ4v) is 6.74. The van der Waals surface area contributed by atoms with Crippen LogP contribution in [-0.2, 0) is 0 Å². The van der Waals surface area contributed by atoms with Gasteiger partial charge in [0, 0.05) is 37.0 Å². The lowest BCUT2D eigenvalue weighted by Gasteiger charge is -2.15. The number of benzene rings is 5. The first-order valence-corrected chi connectivity index (χ1v) is 13.1. The van der Waals surface area contributed by atoms with E-state index in [2.05, 4.69) is 128 Å². The average molecular weight is 481 g/mol. The summed E-state index contributed by atoms with van der Waals surface area (Å²) >= 11 is 1.89. The topological polar surface area (TPSA) is 17.8 Å². The Bertz CT molecular complexity index is 1880. The van der Waals surface area contributed by atoms with E-state index in [1.165, 1.54) is 42.4 Å². The van der Waals surface area contributed by atoms with Gasteiger partial charge in [-0.05, 0) is 73.0 Å². The zero-order valence-electron chi connectivity index (χ0n) is 20.2. The zero-order chi connectivity index (χ0) is 24.2. The molecule has 0 saturated carbocycles. The predicted molar refractivity (Wildman–Crippen MR) is 154 cm³/mol. The van der Waals surface area contributed by atoms with Crippen molar-refractivity contribution in [3.63, 3.8) is 0 Å². The van der Waals surface area contributed by atoms with E-state index in [9.17, 15) is 0 Å². The molecule has 0 saturated heterocycles. The van der Waals surface area contributed by atoms with Crippen molar-refractivity contribution in [2.24, 2.45) is 0 Å². The molecule has 7 rings (SSSR count). The van der Waals surface area contributed by atoms with Gasteiger partial charge in [-0.25, -0.2) is 4.98 Å². The molecule has 0 spiro atoms. The van der Waals surface area contributed by atoms with Gasteiger partial charge in [0.15, 0.2) is 0 Å². The lowest BCUT2D eigenvalue weighted by atomic mass is 9.92. The van der Waals surface area contributed by atoms with Gasteiger partial charge in [0.2, 0.25) is 0 Å². The maximum absolute atomic E-state index is 5.09. The van der Waals surface area contributed by atoms with Crippen LogP contribution in [0.15, 0.2) is 109 Å². The molecule has 2 heterocycles. The molecule has 3 heteroatoms. The molecule has 2 aromatic heterocycles. The third kappa shape index (κ3) is 3.20. The fourth-order valence-electron chi connectivity index (χ4n) is 5.52. The maximum Gasteiger partial charge on any atom is 0.145 e. The first-order valence-electron chi connectivity index (χ1n) is 12.2. The Labute approximate surface area is 214 Å². The molecule has 7 aromatic rings. The standard InChI is InChI=1S/C33H24N2S/c1-21-19-23(33-34-28-16-7-8-17-29(28)35(33)24-11-4-3-5-12-24)20-22(2)31(21)27-15-10-14-26-25-13-6-9-18-30(25)36-32(26)27/h3-20H,1-2H3. The summed E-state index contributed by atoms with van der Waals surface area (Å²) < 4.78 is 4.97. The van der Waals surface area contributed by atoms with Crippen LogP contribution in [-0.4, -0.2) is 9.55 Å². The number of hydrogen-bond acceptors (Lipinski definition) is 2. The average Bonchev–Trinajstić information content (AvgIpc) is 3.48. The van der Waals surface area contributed by atoms with Crippen LogP contribution in [0, 0.1) is 13.8 Å². The van der Waals surface area contributed by atoms with Gasteiger partial charge in [0.1, 0.15) is 5.82 Å². The number of para-hydroxylation sites is 3. The Hall–Kier alpha value is -4.21. The van der Waals surface area contributed by atoms with Gasteiger partial charge in [-0.3, -0.25) is 4.57 Å². The van der Waals surface area contributed by atoms with Gasteiger partial charge < -0.3 is 0 Å². The van der Waals surface area contributed by atoms with Crippen molar-refractivity contribution in [1.29, 1.82) is 0 Å². The molecule has 172 valence electrons. The molecule has 0 radical (unpaired) electrons. The van der Waals surface area contributed by atoms with Crippen LogP contribution in [0.25, 0.3) is 59.4 Å². The summed E-state index contributed by atoms with van der Waals surface area (Å²) in [6.07, 6.45) is 0. The Kier molecular flexibility index (Phi) is 4.80. The van der Waals surface area contributed by atoms with E-state index in [0.29, 0.717) is 0 Å². The van der Waals surface area contributed by atoms with Crippen LogP contribution < -0.4 is 0 Å². The van der Waals surface area contributed by atoms with Crippen LogP contribution in [0.3, 0.4) is 0 Å². The largest absolute Gasteiger partial charge is 0.292 e. The number of rotatable bonds is 3. The molecule has 0 N–H and O–H groups in total. The highest BCUT2D eigenvalue weighted by atomic mass is 32.1. The number of hydrogen-bond donors (Lipinski definition) is 0. The Morgan fingerprint density at radius 1 is 0.667 bits per heavy atom. The summed E-state index contributed by atoms with van der Waals surface area (Å²) in [6.45, 7) is 4.46. The second kappa shape index (κ2) is 8.18. The lowest BCUT2D eigenvalue weighted by molar-refractivity contribution is 1.10. The highest BCUT2D eigenvalue weighted by Gasteiger charge is 2.18. The van der Waals surface area contributed by atoms with Gasteiger partial charge in [0.25, 0.3) is 0 Å². The van der Waals surface area contributed by atoms with E-state index in [0.717, 1.165) is 28.1 Å². The van der Waals surface area contributed by atoms with Crippen LogP contribution in [0.2, 0.25) is 0 Å². The van der Waals surface area contributed by atoms with Crippen molar-refractivity contribution in [3.8, 4) is 28.2 Å². The minimum atomic E-state index is 0.972. The first-order chi connectivity index (χ1) is 17.7. The molecule has 2 nitrogen and oxygen atoms in total. The molecule has 0 aliphatic rings. The Morgan fingerprint density at radius 2 is 1.36 bits per heavy atom. The van der Waals surface area contributed by atoms with E-state index in [4.69, 9.17) is 4.98 Å². The predicted octanol–water partition coefficient (Wildman–Crippen LogP) is 9.34. The van der Waals surface area contributed by atoms with Crippen molar-refractivity contribution in [2.75, 3.05) is 0 Å². The summed E-state index contributed by atoms with van der Waals surface area (Å²) in [5.41, 5.74) is 9.54. The van der Waals surface area contributed by atoms with Crippen LogP contribution in [0.5, 0.6) is 0 Å². The van der Waals surface area contributed by atoms with Crippen molar-refractivity contribution in [2.45, 2.75) is 13.8 Å². The van der Waals surface area contributed by atoms with Crippen molar-refractivity contribution < 1.29 is 0 Å². The molecule has 0 unspecified atom stereocenters. The number of thiophene rings is 1. The molecule has 0 bridgehead atoms. The molecule has 0 aliphatic heterocycles. The van der Waals surface area contributed by atoms with E-state index in [1.54, 1.807) is 0 Å². The molecule has 5 aromatic carbocycles. The minimum absolute atomic E-state index is 0.972. The number of aryl methyl sites for hydroxylation is 2. The monoisotopic (exact) mass is 480 g/mol. The van der Waals surface area contributed by atoms with E-state index in [1.807, 2.05) is 11.3 Å². The quantitative estimate of drug-likeness (QED) is 0.246. The molecular formula is C33H24N2S. The second-order valence-corrected chi connectivity index (χ2v) is 10.4. The van der Waals surface area contributed by atoms with Gasteiger partial charge in [-0.2, -0.15) is 0 Å². The second-order valence-electron chi connectivity index (χ2n) is 9.36. The number of aromatic nitrogens is 2. The number of fused-ring (bicyclic) bond motifs is 4. The van der Waals surface area contributed by atoms with Gasteiger partial charge in [0.05, 0.1) is 11.0 Å². The van der Waals surface area contributed by atoms with Crippen LogP contribution >= 0.6 is 11.3 Å². The number of imidazole rings is 1. The van der Waals surface area contributed by atoms with Crippen LogP contribution in [0.1, 0.15) is 11.1 Å². The normalized spacial score (nSPS) is 11.6. The molecular weight excluding hydrogens is 456 g/mol. The molecule has 0 fully saturated rings. The highest BCUT2D eigenvalue weighted by molar-refractivity contribution is 7.26. The smallest absolute Gasteiger partial charge is 0.145 e. The first kappa shape index (κ1) is 21.1. The maximum atomic E-state index is 5.09. The van der Waals surface area contributed by atoms with Crippen molar-refractivity contribution in [1.82, 2.24) is 9.55 Å². The van der Waals surface area contributed by atoms with Gasteiger partial charge in [-0.15, -0.1) is 11.3 Å². The molecule has 0 atom stereocenters. The van der Waals surface area contributed by atoms with Crippen molar-refractivity contribution in [3.05, 3.63) is 120 Å². The lowest BCUT2D eigenvalue weighted by Crippen LogP contribution is -1.99. The summed E-state index contributed by atoms with van der Waals surface area (Å²) in [4.78, 5) is 5.09. The SMILES string of the molecule is Cc1cc(-c2nc3ccccc3n2-c2ccccc2)cc(C)c1-c1cccc2c1sc1ccccc12. The highest BCUT2D eigenvalue weighted by Crippen LogP contribution is 2.42. The van der Waals surface area contributed by atoms with E-state index < -0.39 is 0 Å². The van der Waals surface area contributed by atoms with E-state index >= 15 is 0 Å². The van der Waals surface area contributed by atoms with Crippen molar-refractivity contribution >= 4 is 42.5 Å². The Balaban J connectivity index is 1.45. The molecule has 0 amide bonds. The molecule has 36 heavy (non-hydrogen) atoms.